The first-order chi connectivity index (χ1) is 14.6. The van der Waals surface area contributed by atoms with Gasteiger partial charge in [0.25, 0.3) is 0 Å². The van der Waals surface area contributed by atoms with Gasteiger partial charge in [0.15, 0.2) is 0 Å². The zero-order valence-electron chi connectivity index (χ0n) is 18.0. The van der Waals surface area contributed by atoms with Crippen LogP contribution in [0.25, 0.3) is 0 Å². The number of hydrogen-bond acceptors (Lipinski definition) is 4. The molecule has 0 atom stereocenters. The molecule has 3 N–H and O–H groups in total. The molecule has 0 unspecified atom stereocenters. The van der Waals surface area contributed by atoms with Gasteiger partial charge in [-0.1, -0.05) is 24.3 Å². The van der Waals surface area contributed by atoms with Crippen molar-refractivity contribution in [2.24, 2.45) is 0 Å². The number of hydrogen-bond donors (Lipinski definition) is 3. The lowest BCUT2D eigenvalue weighted by atomic mass is 10.1. The van der Waals surface area contributed by atoms with Crippen molar-refractivity contribution in [2.45, 2.75) is 45.8 Å². The third-order valence-electron chi connectivity index (χ3n) is 4.00. The second-order valence-corrected chi connectivity index (χ2v) is 8.01. The van der Waals surface area contributed by atoms with Gasteiger partial charge < -0.3 is 20.7 Å². The number of rotatable bonds is 8. The molecule has 0 aliphatic heterocycles. The maximum atomic E-state index is 13.2. The summed E-state index contributed by atoms with van der Waals surface area (Å²) in [6, 6.07) is 13.0. The predicted molar refractivity (Wildman–Crippen MR) is 116 cm³/mol. The fourth-order valence-electron chi connectivity index (χ4n) is 2.62. The van der Waals surface area contributed by atoms with Crippen molar-refractivity contribution in [1.29, 1.82) is 0 Å². The molecule has 2 aromatic carbocycles. The van der Waals surface area contributed by atoms with Crippen LogP contribution in [0.2, 0.25) is 0 Å². The number of halogens is 1. The summed E-state index contributed by atoms with van der Waals surface area (Å²) in [5, 5.41) is 8.05. The molecule has 3 amide bonds. The number of nitrogens with one attached hydrogen (secondary N) is 3. The van der Waals surface area contributed by atoms with E-state index in [2.05, 4.69) is 16.0 Å². The van der Waals surface area contributed by atoms with Gasteiger partial charge in [0.2, 0.25) is 11.8 Å². The molecule has 8 heteroatoms. The van der Waals surface area contributed by atoms with E-state index in [-0.39, 0.29) is 37.0 Å². The van der Waals surface area contributed by atoms with Crippen molar-refractivity contribution >= 4 is 23.6 Å². The van der Waals surface area contributed by atoms with E-state index in [4.69, 9.17) is 4.74 Å². The lowest BCUT2D eigenvalue weighted by molar-refractivity contribution is -0.120. The molecule has 2 rings (SSSR count). The summed E-state index contributed by atoms with van der Waals surface area (Å²) < 4.78 is 18.3. The lowest BCUT2D eigenvalue weighted by Crippen LogP contribution is -2.34. The van der Waals surface area contributed by atoms with Gasteiger partial charge in [-0.05, 0) is 56.2 Å². The SMILES string of the molecule is CC(C)(C)OC(=O)NCCC(=O)Nc1ccc(CNC(=O)Cc2cccc(F)c2)cc1. The highest BCUT2D eigenvalue weighted by Crippen LogP contribution is 2.11. The molecule has 0 saturated carbocycles. The first-order valence-electron chi connectivity index (χ1n) is 9.97. The summed E-state index contributed by atoms with van der Waals surface area (Å²) in [5.74, 6) is -0.823. The molecule has 0 heterocycles. The van der Waals surface area contributed by atoms with Crippen LogP contribution in [0.3, 0.4) is 0 Å². The van der Waals surface area contributed by atoms with E-state index in [0.29, 0.717) is 17.8 Å². The Morgan fingerprint density at radius 1 is 0.935 bits per heavy atom. The van der Waals surface area contributed by atoms with Crippen LogP contribution in [-0.2, 0) is 27.3 Å². The molecule has 2 aromatic rings. The molecule has 0 bridgehead atoms. The topological polar surface area (TPSA) is 96.5 Å². The van der Waals surface area contributed by atoms with E-state index in [1.54, 1.807) is 57.2 Å². The Hall–Kier alpha value is -3.42. The van der Waals surface area contributed by atoms with Crippen molar-refractivity contribution in [2.75, 3.05) is 11.9 Å². The van der Waals surface area contributed by atoms with Crippen LogP contribution in [0.5, 0.6) is 0 Å². The molecule has 0 aliphatic carbocycles. The van der Waals surface area contributed by atoms with Crippen LogP contribution in [0.4, 0.5) is 14.9 Å². The molecular weight excluding hydrogens is 401 g/mol. The van der Waals surface area contributed by atoms with Gasteiger partial charge in [-0.2, -0.15) is 0 Å². The molecule has 0 fully saturated rings. The average molecular weight is 429 g/mol. The quantitative estimate of drug-likeness (QED) is 0.598. The number of ether oxygens (including phenoxy) is 1. The standard InChI is InChI=1S/C23H28FN3O4/c1-23(2,3)31-22(30)25-12-11-20(28)27-19-9-7-16(8-10-19)15-26-21(29)14-17-5-4-6-18(24)13-17/h4-10,13H,11-12,14-15H2,1-3H3,(H,25,30)(H,26,29)(H,27,28). The van der Waals surface area contributed by atoms with E-state index in [1.807, 2.05) is 0 Å². The molecule has 0 radical (unpaired) electrons. The number of anilines is 1. The highest BCUT2D eigenvalue weighted by atomic mass is 19.1. The average Bonchev–Trinajstić information content (AvgIpc) is 2.66. The first-order valence-corrected chi connectivity index (χ1v) is 9.97. The number of amides is 3. The number of carbonyl (C=O) groups excluding carboxylic acids is 3. The Morgan fingerprint density at radius 3 is 2.29 bits per heavy atom. The zero-order valence-corrected chi connectivity index (χ0v) is 18.0. The maximum absolute atomic E-state index is 13.2. The van der Waals surface area contributed by atoms with E-state index < -0.39 is 11.7 Å². The van der Waals surface area contributed by atoms with Crippen LogP contribution in [0.15, 0.2) is 48.5 Å². The Balaban J connectivity index is 1.70. The van der Waals surface area contributed by atoms with Crippen molar-refractivity contribution in [1.82, 2.24) is 10.6 Å². The minimum atomic E-state index is -0.590. The Morgan fingerprint density at radius 2 is 1.65 bits per heavy atom. The molecule has 0 aliphatic rings. The summed E-state index contributed by atoms with van der Waals surface area (Å²) in [6.45, 7) is 5.77. The van der Waals surface area contributed by atoms with Gasteiger partial charge in [0, 0.05) is 25.2 Å². The minimum absolute atomic E-state index is 0.100. The second kappa shape index (κ2) is 11.1. The smallest absolute Gasteiger partial charge is 0.407 e. The van der Waals surface area contributed by atoms with E-state index in [0.717, 1.165) is 5.56 Å². The van der Waals surface area contributed by atoms with Crippen molar-refractivity contribution in [3.05, 3.63) is 65.5 Å². The van der Waals surface area contributed by atoms with Crippen molar-refractivity contribution in [3.63, 3.8) is 0 Å². The summed E-state index contributed by atoms with van der Waals surface area (Å²) in [7, 11) is 0. The summed E-state index contributed by atoms with van der Waals surface area (Å²) in [4.78, 5) is 35.5. The fourth-order valence-corrected chi connectivity index (χ4v) is 2.62. The third-order valence-corrected chi connectivity index (χ3v) is 4.00. The van der Waals surface area contributed by atoms with Crippen LogP contribution < -0.4 is 16.0 Å². The number of alkyl carbamates (subject to hydrolysis) is 1. The molecule has 0 aromatic heterocycles. The highest BCUT2D eigenvalue weighted by Gasteiger charge is 2.15. The van der Waals surface area contributed by atoms with Gasteiger partial charge in [-0.15, -0.1) is 0 Å². The van der Waals surface area contributed by atoms with Crippen molar-refractivity contribution in [3.8, 4) is 0 Å². The van der Waals surface area contributed by atoms with Gasteiger partial charge in [-0.25, -0.2) is 9.18 Å². The highest BCUT2D eigenvalue weighted by molar-refractivity contribution is 5.91. The van der Waals surface area contributed by atoms with Gasteiger partial charge in [0.1, 0.15) is 11.4 Å². The number of carbonyl (C=O) groups is 3. The maximum Gasteiger partial charge on any atom is 0.407 e. The summed E-state index contributed by atoms with van der Waals surface area (Å²) in [5.41, 5.74) is 1.48. The zero-order chi connectivity index (χ0) is 22.9. The van der Waals surface area contributed by atoms with Crippen LogP contribution in [-0.4, -0.2) is 30.1 Å². The summed E-state index contributed by atoms with van der Waals surface area (Å²) in [6.07, 6.45) is -0.357. The monoisotopic (exact) mass is 429 g/mol. The van der Waals surface area contributed by atoms with Crippen LogP contribution in [0.1, 0.15) is 38.3 Å². The molecule has 0 saturated heterocycles. The summed E-state index contributed by atoms with van der Waals surface area (Å²) >= 11 is 0. The van der Waals surface area contributed by atoms with E-state index >= 15 is 0 Å². The Bertz CT molecular complexity index is 908. The lowest BCUT2D eigenvalue weighted by Gasteiger charge is -2.19. The van der Waals surface area contributed by atoms with Crippen LogP contribution in [0, 0.1) is 5.82 Å². The molecule has 166 valence electrons. The second-order valence-electron chi connectivity index (χ2n) is 8.01. The molecule has 31 heavy (non-hydrogen) atoms. The van der Waals surface area contributed by atoms with Crippen molar-refractivity contribution < 1.29 is 23.5 Å². The Kier molecular flexibility index (Phi) is 8.54. The van der Waals surface area contributed by atoms with Crippen LogP contribution >= 0.6 is 0 Å². The minimum Gasteiger partial charge on any atom is -0.444 e. The fraction of sp³-hybridized carbons (Fsp3) is 0.348. The number of benzene rings is 2. The first kappa shape index (κ1) is 23.9. The molecule has 0 spiro atoms. The molecule has 7 nitrogen and oxygen atoms in total. The normalized spacial score (nSPS) is 10.8. The largest absolute Gasteiger partial charge is 0.444 e. The molecular formula is C23H28FN3O4. The Labute approximate surface area is 181 Å². The predicted octanol–water partition coefficient (Wildman–Crippen LogP) is 3.54. The van der Waals surface area contributed by atoms with E-state index in [9.17, 15) is 18.8 Å². The van der Waals surface area contributed by atoms with E-state index in [1.165, 1.54) is 12.1 Å². The van der Waals surface area contributed by atoms with Gasteiger partial charge in [0.05, 0.1) is 6.42 Å². The van der Waals surface area contributed by atoms with Gasteiger partial charge >= 0.3 is 6.09 Å². The van der Waals surface area contributed by atoms with Gasteiger partial charge in [-0.3, -0.25) is 9.59 Å². The third kappa shape index (κ3) is 9.75.